The third kappa shape index (κ3) is 7.33. The molecular weight excluding hydrogens is 468 g/mol. The SMILES string of the molecule is CC[C@@H](C)NC(=O)[C@H](C)N(CCc1ccccc1)C(=O)COc1ccc(Br)cc1Cl. The number of carbonyl (C=O) groups excluding carboxylic acids is 2. The van der Waals surface area contributed by atoms with Gasteiger partial charge in [0.15, 0.2) is 6.61 Å². The maximum absolute atomic E-state index is 13.0. The van der Waals surface area contributed by atoms with Crippen LogP contribution in [0.1, 0.15) is 32.8 Å². The predicted octanol–water partition coefficient (Wildman–Crippen LogP) is 4.86. The van der Waals surface area contributed by atoms with Crippen LogP contribution in [-0.2, 0) is 16.0 Å². The lowest BCUT2D eigenvalue weighted by Gasteiger charge is -2.29. The zero-order chi connectivity index (χ0) is 22.1. The van der Waals surface area contributed by atoms with E-state index in [0.29, 0.717) is 23.7 Å². The van der Waals surface area contributed by atoms with Crippen molar-refractivity contribution in [1.82, 2.24) is 10.2 Å². The van der Waals surface area contributed by atoms with E-state index in [4.69, 9.17) is 16.3 Å². The Bertz CT molecular complexity index is 848. The molecule has 0 radical (unpaired) electrons. The van der Waals surface area contributed by atoms with Crippen LogP contribution >= 0.6 is 27.5 Å². The standard InChI is InChI=1S/C23H28BrClN2O3/c1-4-16(2)26-23(29)17(3)27(13-12-18-8-6-5-7-9-18)22(28)15-30-21-11-10-19(24)14-20(21)25/h5-11,14,16-17H,4,12-13,15H2,1-3H3,(H,26,29)/t16-,17+/m1/s1. The highest BCUT2D eigenvalue weighted by Gasteiger charge is 2.26. The Kier molecular flexibility index (Phi) is 9.66. The van der Waals surface area contributed by atoms with Gasteiger partial charge in [0, 0.05) is 17.1 Å². The van der Waals surface area contributed by atoms with E-state index in [-0.39, 0.29) is 24.5 Å². The van der Waals surface area contributed by atoms with Crippen molar-refractivity contribution in [2.24, 2.45) is 0 Å². The Morgan fingerprint density at radius 3 is 2.50 bits per heavy atom. The van der Waals surface area contributed by atoms with Crippen molar-refractivity contribution in [3.8, 4) is 5.75 Å². The molecule has 2 rings (SSSR count). The molecular formula is C23H28BrClN2O3. The molecule has 0 heterocycles. The van der Waals surface area contributed by atoms with Gasteiger partial charge < -0.3 is 15.0 Å². The third-order valence-electron chi connectivity index (χ3n) is 4.90. The second-order valence-corrected chi connectivity index (χ2v) is 8.50. The first-order chi connectivity index (χ1) is 14.3. The van der Waals surface area contributed by atoms with Crippen molar-refractivity contribution in [3.63, 3.8) is 0 Å². The summed E-state index contributed by atoms with van der Waals surface area (Å²) < 4.78 is 6.47. The summed E-state index contributed by atoms with van der Waals surface area (Å²) in [5, 5.41) is 3.36. The Balaban J connectivity index is 2.09. The molecule has 30 heavy (non-hydrogen) atoms. The van der Waals surface area contributed by atoms with E-state index in [1.165, 1.54) is 0 Å². The number of ether oxygens (including phenoxy) is 1. The molecule has 2 aromatic rings. The maximum Gasteiger partial charge on any atom is 0.261 e. The largest absolute Gasteiger partial charge is 0.482 e. The lowest BCUT2D eigenvalue weighted by Crippen LogP contribution is -2.51. The molecule has 0 saturated carbocycles. The van der Waals surface area contributed by atoms with Gasteiger partial charge in [-0.1, -0.05) is 64.8 Å². The fourth-order valence-electron chi connectivity index (χ4n) is 2.85. The fourth-order valence-corrected chi connectivity index (χ4v) is 3.58. The minimum absolute atomic E-state index is 0.0452. The molecule has 7 heteroatoms. The smallest absolute Gasteiger partial charge is 0.261 e. The highest BCUT2D eigenvalue weighted by molar-refractivity contribution is 9.10. The minimum Gasteiger partial charge on any atom is -0.482 e. The van der Waals surface area contributed by atoms with Gasteiger partial charge in [-0.2, -0.15) is 0 Å². The molecule has 0 fully saturated rings. The van der Waals surface area contributed by atoms with Crippen LogP contribution in [0.5, 0.6) is 5.75 Å². The van der Waals surface area contributed by atoms with Crippen LogP contribution in [0.3, 0.4) is 0 Å². The summed E-state index contributed by atoms with van der Waals surface area (Å²) in [4.78, 5) is 27.2. The average molecular weight is 496 g/mol. The first-order valence-corrected chi connectivity index (χ1v) is 11.2. The summed E-state index contributed by atoms with van der Waals surface area (Å²) in [5.74, 6) is -0.0166. The first kappa shape index (κ1) is 24.2. The van der Waals surface area contributed by atoms with Crippen molar-refractivity contribution in [2.45, 2.75) is 45.7 Å². The first-order valence-electron chi connectivity index (χ1n) is 10.0. The number of rotatable bonds is 10. The van der Waals surface area contributed by atoms with Crippen molar-refractivity contribution in [2.75, 3.05) is 13.2 Å². The molecule has 5 nitrogen and oxygen atoms in total. The Hall–Kier alpha value is -2.05. The van der Waals surface area contributed by atoms with Crippen molar-refractivity contribution in [1.29, 1.82) is 0 Å². The minimum atomic E-state index is -0.612. The van der Waals surface area contributed by atoms with Crippen LogP contribution in [0, 0.1) is 0 Å². The van der Waals surface area contributed by atoms with Crippen LogP contribution < -0.4 is 10.1 Å². The van der Waals surface area contributed by atoms with E-state index in [9.17, 15) is 9.59 Å². The molecule has 0 bridgehead atoms. The van der Waals surface area contributed by atoms with E-state index < -0.39 is 6.04 Å². The van der Waals surface area contributed by atoms with Gasteiger partial charge in [-0.25, -0.2) is 0 Å². The molecule has 162 valence electrons. The van der Waals surface area contributed by atoms with Gasteiger partial charge in [0.25, 0.3) is 5.91 Å². The monoisotopic (exact) mass is 494 g/mol. The summed E-state index contributed by atoms with van der Waals surface area (Å²) in [6.07, 6.45) is 1.47. The summed E-state index contributed by atoms with van der Waals surface area (Å²) in [6, 6.07) is 14.5. The number of nitrogens with zero attached hydrogens (tertiary/aromatic N) is 1. The highest BCUT2D eigenvalue weighted by Crippen LogP contribution is 2.27. The number of hydrogen-bond acceptors (Lipinski definition) is 3. The lowest BCUT2D eigenvalue weighted by atomic mass is 10.1. The van der Waals surface area contributed by atoms with Gasteiger partial charge in [-0.15, -0.1) is 0 Å². The van der Waals surface area contributed by atoms with Crippen molar-refractivity contribution >= 4 is 39.3 Å². The number of hydrogen-bond donors (Lipinski definition) is 1. The quantitative estimate of drug-likeness (QED) is 0.512. The zero-order valence-corrected chi connectivity index (χ0v) is 19.9. The Morgan fingerprint density at radius 1 is 1.17 bits per heavy atom. The van der Waals surface area contributed by atoms with Crippen LogP contribution in [0.4, 0.5) is 0 Å². The van der Waals surface area contributed by atoms with Gasteiger partial charge in [-0.3, -0.25) is 9.59 Å². The van der Waals surface area contributed by atoms with Gasteiger partial charge >= 0.3 is 0 Å². The number of carbonyl (C=O) groups is 2. The number of nitrogens with one attached hydrogen (secondary N) is 1. The molecule has 2 atom stereocenters. The zero-order valence-electron chi connectivity index (χ0n) is 17.5. The third-order valence-corrected chi connectivity index (χ3v) is 5.69. The van der Waals surface area contributed by atoms with Crippen LogP contribution in [0.15, 0.2) is 53.0 Å². The molecule has 0 aliphatic carbocycles. The molecule has 0 aliphatic heterocycles. The van der Waals surface area contributed by atoms with Crippen LogP contribution in [0.2, 0.25) is 5.02 Å². The van der Waals surface area contributed by atoms with Gasteiger partial charge in [-0.05, 0) is 50.5 Å². The van der Waals surface area contributed by atoms with E-state index in [0.717, 1.165) is 16.5 Å². The molecule has 0 saturated heterocycles. The van der Waals surface area contributed by atoms with Crippen molar-refractivity contribution < 1.29 is 14.3 Å². The van der Waals surface area contributed by atoms with Crippen LogP contribution in [0.25, 0.3) is 0 Å². The fraction of sp³-hybridized carbons (Fsp3) is 0.391. The second kappa shape index (κ2) is 12.0. The van der Waals surface area contributed by atoms with Crippen LogP contribution in [-0.4, -0.2) is 41.9 Å². The highest BCUT2D eigenvalue weighted by atomic mass is 79.9. The summed E-state index contributed by atoms with van der Waals surface area (Å²) in [5.41, 5.74) is 1.10. The van der Waals surface area contributed by atoms with E-state index >= 15 is 0 Å². The number of amides is 2. The molecule has 2 aromatic carbocycles. The maximum atomic E-state index is 13.0. The predicted molar refractivity (Wildman–Crippen MR) is 124 cm³/mol. The summed E-state index contributed by atoms with van der Waals surface area (Å²) in [6.45, 7) is 5.91. The van der Waals surface area contributed by atoms with Gasteiger partial charge in [0.05, 0.1) is 5.02 Å². The van der Waals surface area contributed by atoms with Gasteiger partial charge in [0.2, 0.25) is 5.91 Å². The van der Waals surface area contributed by atoms with E-state index in [2.05, 4.69) is 21.2 Å². The molecule has 0 spiro atoms. The molecule has 0 aromatic heterocycles. The lowest BCUT2D eigenvalue weighted by molar-refractivity contribution is -0.141. The average Bonchev–Trinajstić information content (AvgIpc) is 2.73. The van der Waals surface area contributed by atoms with Crippen molar-refractivity contribution in [3.05, 3.63) is 63.6 Å². The van der Waals surface area contributed by atoms with E-state index in [1.54, 1.807) is 30.0 Å². The second-order valence-electron chi connectivity index (χ2n) is 7.18. The molecule has 1 N–H and O–H groups in total. The molecule has 2 amide bonds. The number of halogens is 2. The molecule has 0 unspecified atom stereocenters. The van der Waals surface area contributed by atoms with E-state index in [1.807, 2.05) is 44.2 Å². The summed E-state index contributed by atoms with van der Waals surface area (Å²) >= 11 is 9.52. The summed E-state index contributed by atoms with van der Waals surface area (Å²) in [7, 11) is 0. The topological polar surface area (TPSA) is 58.6 Å². The molecule has 0 aliphatic rings. The van der Waals surface area contributed by atoms with Gasteiger partial charge in [0.1, 0.15) is 11.8 Å². The Labute approximate surface area is 191 Å². The normalized spacial score (nSPS) is 12.7. The Morgan fingerprint density at radius 2 is 1.87 bits per heavy atom. The number of benzene rings is 2.